The van der Waals surface area contributed by atoms with Gasteiger partial charge in [-0.1, -0.05) is 36.4 Å². The lowest BCUT2D eigenvalue weighted by atomic mass is 10.2. The molecule has 10 nitrogen and oxygen atoms in total. The molecule has 5 rings (SSSR count). The number of aliphatic hydroxyl groups excluding tert-OH is 1. The van der Waals surface area contributed by atoms with E-state index in [9.17, 15) is 14.3 Å². The summed E-state index contributed by atoms with van der Waals surface area (Å²) in [7, 11) is 0. The second-order valence-electron chi connectivity index (χ2n) is 8.00. The number of benzene rings is 2. The second kappa shape index (κ2) is 10.4. The molecule has 5 aromatic rings. The minimum atomic E-state index is -0.666. The molecule has 0 saturated carbocycles. The number of hydrogen-bond donors (Lipinski definition) is 3. The van der Waals surface area contributed by atoms with Crippen molar-refractivity contribution in [2.24, 2.45) is 5.73 Å². The standard InChI is InChI=1S/C26H22FN7O3/c27-19-7-3-1-5-16(19)15-34-21-8-4-2-6-17(21)23(33-34)26-30-14-22(37-12-11-35)25(32-26)31-20-9-10-29-13-18(20)24(28)36/h1-10,13-14,35H,11-12,15H2,(H2,28,36)(H,29,30,31,32). The fourth-order valence-corrected chi connectivity index (χ4v) is 3.86. The molecule has 37 heavy (non-hydrogen) atoms. The van der Waals surface area contributed by atoms with Crippen molar-refractivity contribution in [3.8, 4) is 17.3 Å². The molecule has 186 valence electrons. The van der Waals surface area contributed by atoms with Gasteiger partial charge in [-0.15, -0.1) is 0 Å². The van der Waals surface area contributed by atoms with Crippen molar-refractivity contribution in [1.82, 2.24) is 24.7 Å². The van der Waals surface area contributed by atoms with E-state index in [1.54, 1.807) is 28.9 Å². The van der Waals surface area contributed by atoms with E-state index in [2.05, 4.69) is 20.3 Å². The van der Waals surface area contributed by atoms with Crippen molar-refractivity contribution < 1.29 is 19.0 Å². The summed E-state index contributed by atoms with van der Waals surface area (Å²) in [6.45, 7) is 0.0135. The fourth-order valence-electron chi connectivity index (χ4n) is 3.86. The first-order valence-corrected chi connectivity index (χ1v) is 11.4. The maximum atomic E-state index is 14.4. The smallest absolute Gasteiger partial charge is 0.252 e. The monoisotopic (exact) mass is 499 g/mol. The van der Waals surface area contributed by atoms with Crippen molar-refractivity contribution in [3.63, 3.8) is 0 Å². The molecule has 0 saturated heterocycles. The van der Waals surface area contributed by atoms with Gasteiger partial charge >= 0.3 is 0 Å². The number of fused-ring (bicyclic) bond motifs is 1. The Morgan fingerprint density at radius 3 is 2.73 bits per heavy atom. The first-order valence-electron chi connectivity index (χ1n) is 11.4. The van der Waals surface area contributed by atoms with Crippen LogP contribution in [0.5, 0.6) is 5.75 Å². The van der Waals surface area contributed by atoms with Crippen molar-refractivity contribution in [2.75, 3.05) is 18.5 Å². The summed E-state index contributed by atoms with van der Waals surface area (Å²) in [5, 5.41) is 17.8. The lowest BCUT2D eigenvalue weighted by Gasteiger charge is -2.14. The molecule has 0 bridgehead atoms. The molecule has 3 heterocycles. The molecule has 2 aromatic carbocycles. The van der Waals surface area contributed by atoms with Gasteiger partial charge in [0.05, 0.1) is 36.1 Å². The number of carbonyl (C=O) groups excluding carboxylic acids is 1. The van der Waals surface area contributed by atoms with Gasteiger partial charge in [0.1, 0.15) is 18.1 Å². The molecule has 0 atom stereocenters. The third-order valence-corrected chi connectivity index (χ3v) is 5.59. The zero-order chi connectivity index (χ0) is 25.8. The quantitative estimate of drug-likeness (QED) is 0.281. The Labute approximate surface area is 210 Å². The van der Waals surface area contributed by atoms with Crippen LogP contribution in [0.3, 0.4) is 0 Å². The number of amides is 1. The SMILES string of the molecule is NC(=O)c1cnccc1Nc1nc(-c2nn(Cc3ccccc3F)c3ccccc23)ncc1OCCO. The number of para-hydroxylation sites is 1. The summed E-state index contributed by atoms with van der Waals surface area (Å²) in [5.41, 5.74) is 7.78. The number of anilines is 2. The number of halogens is 1. The number of nitrogens with one attached hydrogen (secondary N) is 1. The van der Waals surface area contributed by atoms with Gasteiger partial charge in [0, 0.05) is 23.3 Å². The van der Waals surface area contributed by atoms with Crippen LogP contribution in [0.15, 0.2) is 73.2 Å². The van der Waals surface area contributed by atoms with E-state index in [0.29, 0.717) is 16.9 Å². The van der Waals surface area contributed by atoms with Crippen molar-refractivity contribution in [3.05, 3.63) is 90.1 Å². The van der Waals surface area contributed by atoms with Crippen LogP contribution in [-0.4, -0.2) is 49.0 Å². The average molecular weight is 500 g/mol. The Morgan fingerprint density at radius 2 is 1.92 bits per heavy atom. The molecular formula is C26H22FN7O3. The number of hydrogen-bond acceptors (Lipinski definition) is 8. The van der Waals surface area contributed by atoms with E-state index in [1.165, 1.54) is 24.7 Å². The Hall–Kier alpha value is -4.90. The number of ether oxygens (including phenoxy) is 1. The van der Waals surface area contributed by atoms with Crippen LogP contribution in [-0.2, 0) is 6.54 Å². The van der Waals surface area contributed by atoms with Crippen molar-refractivity contribution in [2.45, 2.75) is 6.54 Å². The highest BCUT2D eigenvalue weighted by Gasteiger charge is 2.19. The molecule has 11 heteroatoms. The molecular weight excluding hydrogens is 477 g/mol. The van der Waals surface area contributed by atoms with Crippen LogP contribution in [0.1, 0.15) is 15.9 Å². The van der Waals surface area contributed by atoms with E-state index >= 15 is 0 Å². The maximum Gasteiger partial charge on any atom is 0.252 e. The number of primary amides is 1. The van der Waals surface area contributed by atoms with E-state index in [1.807, 2.05) is 24.3 Å². The Bertz CT molecular complexity index is 1590. The first-order chi connectivity index (χ1) is 18.0. The number of aliphatic hydroxyl groups is 1. The van der Waals surface area contributed by atoms with E-state index in [0.717, 1.165) is 10.9 Å². The number of pyridine rings is 1. The van der Waals surface area contributed by atoms with E-state index in [4.69, 9.17) is 15.6 Å². The van der Waals surface area contributed by atoms with Gasteiger partial charge in [-0.05, 0) is 18.2 Å². The molecule has 0 aliphatic heterocycles. The minimum absolute atomic E-state index is 0.0105. The van der Waals surface area contributed by atoms with Gasteiger partial charge in [0.25, 0.3) is 5.91 Å². The minimum Gasteiger partial charge on any atom is -0.486 e. The molecule has 0 unspecified atom stereocenters. The molecule has 0 fully saturated rings. The number of carbonyl (C=O) groups is 1. The zero-order valence-electron chi connectivity index (χ0n) is 19.5. The summed E-state index contributed by atoms with van der Waals surface area (Å²) >= 11 is 0. The van der Waals surface area contributed by atoms with Crippen LogP contribution in [0.2, 0.25) is 0 Å². The fraction of sp³-hybridized carbons (Fsp3) is 0.115. The lowest BCUT2D eigenvalue weighted by Crippen LogP contribution is -2.14. The number of aromatic nitrogens is 5. The second-order valence-corrected chi connectivity index (χ2v) is 8.00. The summed E-state index contributed by atoms with van der Waals surface area (Å²) in [4.78, 5) is 24.9. The Morgan fingerprint density at radius 1 is 1.11 bits per heavy atom. The highest BCUT2D eigenvalue weighted by atomic mass is 19.1. The van der Waals surface area contributed by atoms with Crippen LogP contribution < -0.4 is 15.8 Å². The van der Waals surface area contributed by atoms with Crippen molar-refractivity contribution >= 4 is 28.3 Å². The first kappa shape index (κ1) is 23.8. The third kappa shape index (κ3) is 4.93. The normalized spacial score (nSPS) is 11.0. The van der Waals surface area contributed by atoms with Crippen molar-refractivity contribution in [1.29, 1.82) is 0 Å². The van der Waals surface area contributed by atoms with Crippen LogP contribution >= 0.6 is 0 Å². The van der Waals surface area contributed by atoms with Gasteiger partial charge in [-0.3, -0.25) is 14.5 Å². The summed E-state index contributed by atoms with van der Waals surface area (Å²) < 4.78 is 21.7. The van der Waals surface area contributed by atoms with Gasteiger partial charge in [-0.2, -0.15) is 5.10 Å². The topological polar surface area (TPSA) is 141 Å². The largest absolute Gasteiger partial charge is 0.486 e. The van der Waals surface area contributed by atoms with Gasteiger partial charge in [-0.25, -0.2) is 14.4 Å². The molecule has 4 N–H and O–H groups in total. The average Bonchev–Trinajstić information content (AvgIpc) is 3.28. The summed E-state index contributed by atoms with van der Waals surface area (Å²) in [6.07, 6.45) is 4.30. The highest BCUT2D eigenvalue weighted by Crippen LogP contribution is 2.32. The molecule has 0 radical (unpaired) electrons. The van der Waals surface area contributed by atoms with Crippen LogP contribution in [0.4, 0.5) is 15.9 Å². The maximum absolute atomic E-state index is 14.4. The molecule has 1 amide bonds. The molecule has 0 aliphatic rings. The lowest BCUT2D eigenvalue weighted by molar-refractivity contribution is 0.100. The number of nitrogens with zero attached hydrogens (tertiary/aromatic N) is 5. The van der Waals surface area contributed by atoms with E-state index in [-0.39, 0.29) is 48.5 Å². The van der Waals surface area contributed by atoms with Gasteiger partial charge in [0.15, 0.2) is 17.4 Å². The third-order valence-electron chi connectivity index (χ3n) is 5.59. The predicted molar refractivity (Wildman–Crippen MR) is 135 cm³/mol. The zero-order valence-corrected chi connectivity index (χ0v) is 19.5. The molecule has 0 aliphatic carbocycles. The summed E-state index contributed by atoms with van der Waals surface area (Å²) in [5.74, 6) is -0.225. The Kier molecular flexibility index (Phi) is 6.68. The van der Waals surface area contributed by atoms with Crippen LogP contribution in [0, 0.1) is 5.82 Å². The number of rotatable bonds is 9. The predicted octanol–water partition coefficient (Wildman–Crippen LogP) is 3.29. The van der Waals surface area contributed by atoms with Crippen LogP contribution in [0.25, 0.3) is 22.4 Å². The molecule has 3 aromatic heterocycles. The highest BCUT2D eigenvalue weighted by molar-refractivity contribution is 5.99. The summed E-state index contributed by atoms with van der Waals surface area (Å²) in [6, 6.07) is 15.6. The van der Waals surface area contributed by atoms with E-state index < -0.39 is 5.91 Å². The Balaban J connectivity index is 1.59. The van der Waals surface area contributed by atoms with Gasteiger partial charge < -0.3 is 20.9 Å². The molecule has 0 spiro atoms. The number of nitrogens with two attached hydrogens (primary N) is 1. The van der Waals surface area contributed by atoms with Gasteiger partial charge in [0.2, 0.25) is 0 Å².